The molecular weight excluding hydrogens is 485 g/mol. The average Bonchev–Trinajstić information content (AvgIpc) is 3.20. The van der Waals surface area contributed by atoms with Crippen LogP contribution in [0.3, 0.4) is 0 Å². The molecule has 2 atom stereocenters. The summed E-state index contributed by atoms with van der Waals surface area (Å²) in [5.74, 6) is -0.583. The molecule has 3 aliphatic heterocycles. The molecule has 0 aromatic heterocycles. The van der Waals surface area contributed by atoms with Gasteiger partial charge in [-0.3, -0.25) is 14.5 Å². The summed E-state index contributed by atoms with van der Waals surface area (Å²) >= 11 is 0. The standard InChI is InChI=1S/C27H33F3N4O3/c1-4-12-33-21-16-34(20(15-17(2)3)24(35)32-13-8-5-9-14-32)25(36)22(21)23(31-26(33)37)18-10-6-7-11-19(18)27(28,29)30/h4,6-7,10-11,17,20,23H,1,5,8-9,12-16H2,2-3H3,(H,31,37)/t20-,23-/m0/s1. The normalized spacial score (nSPS) is 21.4. The third kappa shape index (κ3) is 5.24. The monoisotopic (exact) mass is 518 g/mol. The fourth-order valence-electron chi connectivity index (χ4n) is 5.46. The van der Waals surface area contributed by atoms with Gasteiger partial charge in [0.05, 0.1) is 29.4 Å². The topological polar surface area (TPSA) is 73.0 Å². The van der Waals surface area contributed by atoms with Crippen LogP contribution in [0.1, 0.15) is 56.7 Å². The summed E-state index contributed by atoms with van der Waals surface area (Å²) in [6, 6.07) is 2.27. The highest BCUT2D eigenvalue weighted by molar-refractivity contribution is 6.03. The second kappa shape index (κ2) is 10.6. The summed E-state index contributed by atoms with van der Waals surface area (Å²) < 4.78 is 41.7. The number of likely N-dealkylation sites (tertiary alicyclic amines) is 1. The van der Waals surface area contributed by atoms with Gasteiger partial charge < -0.3 is 15.1 Å². The Hall–Kier alpha value is -3.30. The maximum atomic E-state index is 14.0. The number of alkyl halides is 3. The molecule has 0 unspecified atom stereocenters. The fraction of sp³-hybridized carbons (Fsp3) is 0.519. The molecule has 0 bridgehead atoms. The molecule has 0 spiro atoms. The predicted molar refractivity (Wildman–Crippen MR) is 132 cm³/mol. The molecule has 3 aliphatic rings. The molecule has 3 heterocycles. The van der Waals surface area contributed by atoms with Gasteiger partial charge in [0.1, 0.15) is 6.04 Å². The lowest BCUT2D eigenvalue weighted by molar-refractivity contribution is -0.144. The van der Waals surface area contributed by atoms with E-state index in [4.69, 9.17) is 0 Å². The second-order valence-corrected chi connectivity index (χ2v) is 10.2. The first-order valence-corrected chi connectivity index (χ1v) is 12.7. The molecule has 1 fully saturated rings. The number of nitrogens with one attached hydrogen (secondary N) is 1. The molecule has 200 valence electrons. The lowest BCUT2D eigenvalue weighted by Crippen LogP contribution is -2.51. The largest absolute Gasteiger partial charge is 0.416 e. The van der Waals surface area contributed by atoms with E-state index < -0.39 is 35.8 Å². The summed E-state index contributed by atoms with van der Waals surface area (Å²) in [7, 11) is 0. The molecular formula is C27H33F3N4O3. The number of hydrogen-bond acceptors (Lipinski definition) is 3. The van der Waals surface area contributed by atoms with Crippen LogP contribution in [0.25, 0.3) is 0 Å². The van der Waals surface area contributed by atoms with Crippen LogP contribution in [-0.4, -0.2) is 64.8 Å². The fourth-order valence-corrected chi connectivity index (χ4v) is 5.46. The van der Waals surface area contributed by atoms with Gasteiger partial charge in [-0.15, -0.1) is 6.58 Å². The van der Waals surface area contributed by atoms with Gasteiger partial charge in [0, 0.05) is 19.6 Å². The van der Waals surface area contributed by atoms with Crippen molar-refractivity contribution in [1.29, 1.82) is 0 Å². The van der Waals surface area contributed by atoms with Crippen molar-refractivity contribution < 1.29 is 27.6 Å². The molecule has 1 N–H and O–H groups in total. The number of nitrogens with zero attached hydrogens (tertiary/aromatic N) is 3. The van der Waals surface area contributed by atoms with Gasteiger partial charge in [-0.1, -0.05) is 38.1 Å². The first-order valence-electron chi connectivity index (χ1n) is 12.7. The van der Waals surface area contributed by atoms with Crippen LogP contribution in [0, 0.1) is 5.92 Å². The Kier molecular flexibility index (Phi) is 7.66. The predicted octanol–water partition coefficient (Wildman–Crippen LogP) is 4.48. The van der Waals surface area contributed by atoms with Gasteiger partial charge >= 0.3 is 12.2 Å². The first-order chi connectivity index (χ1) is 17.5. The average molecular weight is 519 g/mol. The van der Waals surface area contributed by atoms with Crippen LogP contribution in [0.15, 0.2) is 48.2 Å². The summed E-state index contributed by atoms with van der Waals surface area (Å²) in [6.45, 7) is 8.88. The minimum Gasteiger partial charge on any atom is -0.341 e. The van der Waals surface area contributed by atoms with Gasteiger partial charge in [0.25, 0.3) is 5.91 Å². The van der Waals surface area contributed by atoms with Gasteiger partial charge in [-0.2, -0.15) is 13.2 Å². The summed E-state index contributed by atoms with van der Waals surface area (Å²) in [5, 5.41) is 2.61. The van der Waals surface area contributed by atoms with E-state index in [0.29, 0.717) is 25.2 Å². The Labute approximate surface area is 215 Å². The van der Waals surface area contributed by atoms with E-state index >= 15 is 0 Å². The minimum absolute atomic E-state index is 0.0307. The van der Waals surface area contributed by atoms with Crippen LogP contribution < -0.4 is 5.32 Å². The Morgan fingerprint density at radius 3 is 2.46 bits per heavy atom. The zero-order valence-electron chi connectivity index (χ0n) is 21.2. The van der Waals surface area contributed by atoms with Crippen molar-refractivity contribution in [2.24, 2.45) is 5.92 Å². The lowest BCUT2D eigenvalue weighted by atomic mass is 9.91. The van der Waals surface area contributed by atoms with Crippen LogP contribution in [0.5, 0.6) is 0 Å². The van der Waals surface area contributed by atoms with Gasteiger partial charge in [-0.05, 0) is 43.2 Å². The maximum Gasteiger partial charge on any atom is 0.416 e. The van der Waals surface area contributed by atoms with Crippen molar-refractivity contribution in [3.8, 4) is 0 Å². The number of halogens is 3. The number of amides is 4. The summed E-state index contributed by atoms with van der Waals surface area (Å²) in [4.78, 5) is 45.2. The van der Waals surface area contributed by atoms with E-state index in [1.165, 1.54) is 34.1 Å². The number of hydrogen-bond donors (Lipinski definition) is 1. The van der Waals surface area contributed by atoms with Gasteiger partial charge in [0.15, 0.2) is 0 Å². The maximum absolute atomic E-state index is 14.0. The molecule has 7 nitrogen and oxygen atoms in total. The second-order valence-electron chi connectivity index (χ2n) is 10.2. The Balaban J connectivity index is 1.77. The quantitative estimate of drug-likeness (QED) is 0.541. The SMILES string of the molecule is C=CCN1C(=O)N[C@@H](c2ccccc2C(F)(F)F)C2=C1CN([C@@H](CC(C)C)C(=O)N1CCCCC1)C2=O. The lowest BCUT2D eigenvalue weighted by Gasteiger charge is -2.35. The highest BCUT2D eigenvalue weighted by atomic mass is 19.4. The summed E-state index contributed by atoms with van der Waals surface area (Å²) in [5.41, 5.74) is -0.736. The number of carbonyl (C=O) groups excluding carboxylic acids is 3. The molecule has 0 saturated carbocycles. The molecule has 10 heteroatoms. The third-order valence-corrected chi connectivity index (χ3v) is 7.16. The number of piperidine rings is 1. The number of rotatable bonds is 7. The van der Waals surface area contributed by atoms with E-state index in [2.05, 4.69) is 11.9 Å². The van der Waals surface area contributed by atoms with Crippen molar-refractivity contribution in [1.82, 2.24) is 20.0 Å². The first kappa shape index (κ1) is 26.8. The van der Waals surface area contributed by atoms with Crippen LogP contribution in [-0.2, 0) is 15.8 Å². The third-order valence-electron chi connectivity index (χ3n) is 7.16. The van der Waals surface area contributed by atoms with Crippen molar-refractivity contribution >= 4 is 17.8 Å². The number of benzene rings is 1. The Morgan fingerprint density at radius 2 is 1.84 bits per heavy atom. The highest BCUT2D eigenvalue weighted by Crippen LogP contribution is 2.42. The molecule has 4 amide bonds. The van der Waals surface area contributed by atoms with Crippen LogP contribution in [0.2, 0.25) is 0 Å². The zero-order valence-corrected chi connectivity index (χ0v) is 21.2. The van der Waals surface area contributed by atoms with E-state index in [9.17, 15) is 27.6 Å². The number of urea groups is 1. The highest BCUT2D eigenvalue weighted by Gasteiger charge is 2.49. The number of carbonyl (C=O) groups is 3. The van der Waals surface area contributed by atoms with E-state index in [0.717, 1.165) is 25.3 Å². The van der Waals surface area contributed by atoms with Crippen LogP contribution >= 0.6 is 0 Å². The molecule has 4 rings (SSSR count). The summed E-state index contributed by atoms with van der Waals surface area (Å²) in [6.07, 6.45) is 0.0587. The van der Waals surface area contributed by atoms with E-state index in [-0.39, 0.29) is 36.1 Å². The van der Waals surface area contributed by atoms with E-state index in [1.807, 2.05) is 13.8 Å². The van der Waals surface area contributed by atoms with Crippen molar-refractivity contribution in [3.63, 3.8) is 0 Å². The van der Waals surface area contributed by atoms with Crippen molar-refractivity contribution in [2.75, 3.05) is 26.2 Å². The molecule has 1 saturated heterocycles. The van der Waals surface area contributed by atoms with Crippen molar-refractivity contribution in [2.45, 2.75) is 57.8 Å². The van der Waals surface area contributed by atoms with Gasteiger partial charge in [-0.25, -0.2) is 4.79 Å². The molecule has 1 aromatic rings. The zero-order chi connectivity index (χ0) is 26.9. The molecule has 0 aliphatic carbocycles. The molecule has 0 radical (unpaired) electrons. The van der Waals surface area contributed by atoms with Crippen LogP contribution in [0.4, 0.5) is 18.0 Å². The Morgan fingerprint density at radius 1 is 1.16 bits per heavy atom. The van der Waals surface area contributed by atoms with Crippen molar-refractivity contribution in [3.05, 3.63) is 59.3 Å². The Bertz CT molecular complexity index is 1110. The smallest absolute Gasteiger partial charge is 0.341 e. The molecule has 1 aromatic carbocycles. The van der Waals surface area contributed by atoms with Gasteiger partial charge in [0.2, 0.25) is 5.91 Å². The molecule has 37 heavy (non-hydrogen) atoms. The minimum atomic E-state index is -4.67. The van der Waals surface area contributed by atoms with E-state index in [1.54, 1.807) is 4.90 Å².